The third-order valence-corrected chi connectivity index (χ3v) is 4.77. The van der Waals surface area contributed by atoms with E-state index >= 15 is 0 Å². The van der Waals surface area contributed by atoms with Crippen molar-refractivity contribution < 1.29 is 9.84 Å². The number of rotatable bonds is 7. The van der Waals surface area contributed by atoms with Crippen molar-refractivity contribution in [2.75, 3.05) is 18.6 Å². The number of aromatic nitrogens is 1. The van der Waals surface area contributed by atoms with Gasteiger partial charge in [0.1, 0.15) is 10.8 Å². The standard InChI is InChI=1S/C20H22N2O2S/c1-15(23)12-22(18-8-4-3-5-9-18)13-17-14-25-20(21-17)16-7-6-10-19(11-16)24-2/h3-11,14-15,23H,12-13H2,1-2H3. The molecule has 1 N–H and O–H groups in total. The Hall–Kier alpha value is -2.37. The average molecular weight is 354 g/mol. The van der Waals surface area contributed by atoms with E-state index in [-0.39, 0.29) is 0 Å². The third-order valence-electron chi connectivity index (χ3n) is 3.83. The van der Waals surface area contributed by atoms with Crippen LogP contribution in [0, 0.1) is 0 Å². The Kier molecular flexibility index (Phi) is 5.68. The average Bonchev–Trinajstić information content (AvgIpc) is 3.10. The minimum atomic E-state index is -0.406. The Bertz CT molecular complexity index is 802. The zero-order valence-corrected chi connectivity index (χ0v) is 15.2. The molecule has 0 aliphatic rings. The number of hydrogen-bond acceptors (Lipinski definition) is 5. The van der Waals surface area contributed by atoms with Gasteiger partial charge in [0.15, 0.2) is 0 Å². The molecule has 0 bridgehead atoms. The van der Waals surface area contributed by atoms with Gasteiger partial charge in [0.25, 0.3) is 0 Å². The highest BCUT2D eigenvalue weighted by atomic mass is 32.1. The zero-order chi connectivity index (χ0) is 17.6. The van der Waals surface area contributed by atoms with Crippen LogP contribution in [0.15, 0.2) is 60.0 Å². The fraction of sp³-hybridized carbons (Fsp3) is 0.250. The molecule has 0 aliphatic carbocycles. The van der Waals surface area contributed by atoms with Gasteiger partial charge < -0.3 is 14.7 Å². The van der Waals surface area contributed by atoms with Gasteiger partial charge in [0.2, 0.25) is 0 Å². The first-order valence-corrected chi connectivity index (χ1v) is 9.10. The van der Waals surface area contributed by atoms with Crippen molar-refractivity contribution in [3.8, 4) is 16.3 Å². The molecule has 5 heteroatoms. The van der Waals surface area contributed by atoms with Crippen molar-refractivity contribution in [1.29, 1.82) is 0 Å². The molecule has 4 nitrogen and oxygen atoms in total. The van der Waals surface area contributed by atoms with E-state index in [0.717, 1.165) is 27.7 Å². The zero-order valence-electron chi connectivity index (χ0n) is 14.4. The summed E-state index contributed by atoms with van der Waals surface area (Å²) in [5.74, 6) is 0.828. The molecule has 0 saturated heterocycles. The van der Waals surface area contributed by atoms with Gasteiger partial charge in [-0.05, 0) is 31.2 Å². The van der Waals surface area contributed by atoms with Crippen LogP contribution in [0.3, 0.4) is 0 Å². The summed E-state index contributed by atoms with van der Waals surface area (Å²) < 4.78 is 5.29. The van der Waals surface area contributed by atoms with E-state index in [1.54, 1.807) is 25.4 Å². The summed E-state index contributed by atoms with van der Waals surface area (Å²) in [6.45, 7) is 3.03. The van der Waals surface area contributed by atoms with E-state index in [9.17, 15) is 5.11 Å². The number of para-hydroxylation sites is 1. The fourth-order valence-electron chi connectivity index (χ4n) is 2.68. The molecule has 1 atom stereocenters. The SMILES string of the molecule is COc1cccc(-c2nc(CN(CC(C)O)c3ccccc3)cs2)c1. The van der Waals surface area contributed by atoms with Crippen molar-refractivity contribution in [3.05, 3.63) is 65.7 Å². The summed E-state index contributed by atoms with van der Waals surface area (Å²) in [6.07, 6.45) is -0.406. The second-order valence-electron chi connectivity index (χ2n) is 5.94. The van der Waals surface area contributed by atoms with Crippen LogP contribution >= 0.6 is 11.3 Å². The summed E-state index contributed by atoms with van der Waals surface area (Å²) >= 11 is 1.62. The maximum Gasteiger partial charge on any atom is 0.123 e. The van der Waals surface area contributed by atoms with Crippen LogP contribution in [0.4, 0.5) is 5.69 Å². The third kappa shape index (κ3) is 4.59. The van der Waals surface area contributed by atoms with E-state index in [4.69, 9.17) is 9.72 Å². The van der Waals surface area contributed by atoms with E-state index in [0.29, 0.717) is 13.1 Å². The molecule has 0 radical (unpaired) electrons. The molecule has 0 spiro atoms. The molecule has 1 heterocycles. The number of benzene rings is 2. The summed E-state index contributed by atoms with van der Waals surface area (Å²) in [5, 5.41) is 12.9. The topological polar surface area (TPSA) is 45.6 Å². The molecular formula is C20H22N2O2S. The van der Waals surface area contributed by atoms with Crippen molar-refractivity contribution >= 4 is 17.0 Å². The lowest BCUT2D eigenvalue weighted by Gasteiger charge is -2.25. The number of anilines is 1. The van der Waals surface area contributed by atoms with Crippen LogP contribution in [0.2, 0.25) is 0 Å². The smallest absolute Gasteiger partial charge is 0.123 e. The van der Waals surface area contributed by atoms with Gasteiger partial charge in [-0.25, -0.2) is 4.98 Å². The summed E-state index contributed by atoms with van der Waals surface area (Å²) in [5.41, 5.74) is 3.13. The van der Waals surface area contributed by atoms with Crippen LogP contribution in [-0.4, -0.2) is 29.8 Å². The maximum absolute atomic E-state index is 9.83. The minimum absolute atomic E-state index is 0.406. The van der Waals surface area contributed by atoms with Gasteiger partial charge in [-0.1, -0.05) is 30.3 Å². The van der Waals surface area contributed by atoms with E-state index in [1.165, 1.54) is 0 Å². The molecule has 130 valence electrons. The second kappa shape index (κ2) is 8.14. The number of aliphatic hydroxyl groups excluding tert-OH is 1. The van der Waals surface area contributed by atoms with Gasteiger partial charge in [-0.3, -0.25) is 0 Å². The Morgan fingerprint density at radius 2 is 1.96 bits per heavy atom. The summed E-state index contributed by atoms with van der Waals surface area (Å²) in [6, 6.07) is 18.0. The molecule has 25 heavy (non-hydrogen) atoms. The molecule has 0 saturated carbocycles. The van der Waals surface area contributed by atoms with Crippen molar-refractivity contribution in [3.63, 3.8) is 0 Å². The highest BCUT2D eigenvalue weighted by molar-refractivity contribution is 7.13. The van der Waals surface area contributed by atoms with Gasteiger partial charge >= 0.3 is 0 Å². The van der Waals surface area contributed by atoms with Crippen molar-refractivity contribution in [1.82, 2.24) is 4.98 Å². The van der Waals surface area contributed by atoms with Gasteiger partial charge in [-0.2, -0.15) is 0 Å². The van der Waals surface area contributed by atoms with Gasteiger partial charge in [-0.15, -0.1) is 11.3 Å². The van der Waals surface area contributed by atoms with E-state index < -0.39 is 6.10 Å². The first-order chi connectivity index (χ1) is 12.2. The lowest BCUT2D eigenvalue weighted by molar-refractivity contribution is 0.199. The molecule has 0 aliphatic heterocycles. The monoisotopic (exact) mass is 354 g/mol. The molecule has 1 unspecified atom stereocenters. The van der Waals surface area contributed by atoms with Crippen molar-refractivity contribution in [2.24, 2.45) is 0 Å². The minimum Gasteiger partial charge on any atom is -0.497 e. The number of ether oxygens (including phenoxy) is 1. The first-order valence-electron chi connectivity index (χ1n) is 8.22. The molecule has 0 fully saturated rings. The number of methoxy groups -OCH3 is 1. The Morgan fingerprint density at radius 1 is 1.16 bits per heavy atom. The lowest BCUT2D eigenvalue weighted by atomic mass is 10.2. The predicted octanol–water partition coefficient (Wildman–Crippen LogP) is 4.21. The van der Waals surface area contributed by atoms with Crippen molar-refractivity contribution in [2.45, 2.75) is 19.6 Å². The normalized spacial score (nSPS) is 12.0. The lowest BCUT2D eigenvalue weighted by Crippen LogP contribution is -2.30. The number of thiazole rings is 1. The van der Waals surface area contributed by atoms with Crippen LogP contribution in [0.5, 0.6) is 5.75 Å². The Balaban J connectivity index is 1.80. The summed E-state index contributed by atoms with van der Waals surface area (Å²) in [4.78, 5) is 6.92. The molecule has 0 amide bonds. The largest absolute Gasteiger partial charge is 0.497 e. The van der Waals surface area contributed by atoms with Crippen LogP contribution in [-0.2, 0) is 6.54 Å². The van der Waals surface area contributed by atoms with Gasteiger partial charge in [0.05, 0.1) is 25.5 Å². The number of hydrogen-bond donors (Lipinski definition) is 1. The van der Waals surface area contributed by atoms with E-state index in [1.807, 2.05) is 42.5 Å². The van der Waals surface area contributed by atoms with E-state index in [2.05, 4.69) is 22.4 Å². The van der Waals surface area contributed by atoms with Crippen LogP contribution in [0.1, 0.15) is 12.6 Å². The molecule has 3 rings (SSSR count). The number of nitrogens with zero attached hydrogens (tertiary/aromatic N) is 2. The molecule has 3 aromatic rings. The summed E-state index contributed by atoms with van der Waals surface area (Å²) in [7, 11) is 1.67. The van der Waals surface area contributed by atoms with Crippen LogP contribution < -0.4 is 9.64 Å². The fourth-order valence-corrected chi connectivity index (χ4v) is 3.49. The quantitative estimate of drug-likeness (QED) is 0.690. The molecular weight excluding hydrogens is 332 g/mol. The Labute approximate surface area is 152 Å². The van der Waals surface area contributed by atoms with Gasteiger partial charge in [0, 0.05) is 23.2 Å². The molecule has 2 aromatic carbocycles. The highest BCUT2D eigenvalue weighted by Gasteiger charge is 2.13. The maximum atomic E-state index is 9.83. The predicted molar refractivity (Wildman–Crippen MR) is 103 cm³/mol. The second-order valence-corrected chi connectivity index (χ2v) is 6.80. The van der Waals surface area contributed by atoms with Crippen LogP contribution in [0.25, 0.3) is 10.6 Å². The molecule has 1 aromatic heterocycles. The first kappa shape index (κ1) is 17.5. The highest BCUT2D eigenvalue weighted by Crippen LogP contribution is 2.28. The Morgan fingerprint density at radius 3 is 2.68 bits per heavy atom. The number of aliphatic hydroxyl groups is 1.